The van der Waals surface area contributed by atoms with E-state index in [9.17, 15) is 22.8 Å². The fourth-order valence-corrected chi connectivity index (χ4v) is 5.58. The SMILES string of the molecule is O=C(NCC(F)(F)F)c1cc(NC(=O)[C@H]2[C@H](c3cc(Cl)cc(Cl)c3)C2(Br)Br)ccc1Cl. The van der Waals surface area contributed by atoms with Gasteiger partial charge in [-0.05, 0) is 42.0 Å². The normalized spacial score (nSPS) is 19.6. The van der Waals surface area contributed by atoms with E-state index >= 15 is 0 Å². The fraction of sp³-hybridized carbons (Fsp3) is 0.263. The van der Waals surface area contributed by atoms with Crippen LogP contribution in [0, 0.1) is 5.92 Å². The first-order valence-electron chi connectivity index (χ1n) is 8.59. The number of amides is 2. The van der Waals surface area contributed by atoms with Crippen molar-refractivity contribution in [2.75, 3.05) is 11.9 Å². The standard InChI is InChI=1S/C19H12Br2Cl3F3N2O2/c20-19(21)14(8-3-9(22)5-10(23)4-8)15(19)17(31)29-11-1-2-13(24)12(6-11)16(30)28-7-18(25,26)27/h1-6,14-15H,7H2,(H,28,30)(H,29,31)/t14-,15+/m0/s1. The molecule has 0 spiro atoms. The molecule has 4 nitrogen and oxygen atoms in total. The van der Waals surface area contributed by atoms with Crippen LogP contribution >= 0.6 is 66.7 Å². The van der Waals surface area contributed by atoms with Crippen LogP contribution in [-0.2, 0) is 4.79 Å². The van der Waals surface area contributed by atoms with Crippen LogP contribution in [-0.4, -0.2) is 27.8 Å². The Morgan fingerprint density at radius 1 is 1.03 bits per heavy atom. The Bertz CT molecular complexity index is 1030. The lowest BCUT2D eigenvalue weighted by atomic mass is 10.1. The number of hydrogen-bond donors (Lipinski definition) is 2. The molecule has 1 aliphatic rings. The lowest BCUT2D eigenvalue weighted by molar-refractivity contribution is -0.123. The Balaban J connectivity index is 1.75. The highest BCUT2D eigenvalue weighted by molar-refractivity contribution is 9.25. The van der Waals surface area contributed by atoms with Crippen LogP contribution in [0.15, 0.2) is 36.4 Å². The van der Waals surface area contributed by atoms with Crippen molar-refractivity contribution in [3.63, 3.8) is 0 Å². The minimum atomic E-state index is -4.56. The second-order valence-electron chi connectivity index (χ2n) is 6.81. The monoisotopic (exact) mass is 620 g/mol. The summed E-state index contributed by atoms with van der Waals surface area (Å²) in [5, 5.41) is 5.21. The number of hydrogen-bond acceptors (Lipinski definition) is 2. The van der Waals surface area contributed by atoms with E-state index in [-0.39, 0.29) is 28.1 Å². The Morgan fingerprint density at radius 2 is 1.65 bits per heavy atom. The van der Waals surface area contributed by atoms with Crippen LogP contribution in [0.3, 0.4) is 0 Å². The smallest absolute Gasteiger partial charge is 0.343 e. The number of anilines is 1. The highest BCUT2D eigenvalue weighted by Crippen LogP contribution is 2.67. The Labute approximate surface area is 207 Å². The summed E-state index contributed by atoms with van der Waals surface area (Å²) in [5.41, 5.74) is 0.758. The van der Waals surface area contributed by atoms with Crippen molar-refractivity contribution >= 4 is 84.2 Å². The Kier molecular flexibility index (Phi) is 7.23. The fourth-order valence-electron chi connectivity index (χ4n) is 3.10. The van der Waals surface area contributed by atoms with Crippen molar-refractivity contribution in [2.24, 2.45) is 5.92 Å². The maximum atomic E-state index is 12.8. The molecular weight excluding hydrogens is 611 g/mol. The lowest BCUT2D eigenvalue weighted by Gasteiger charge is -2.11. The number of halogens is 8. The van der Waals surface area contributed by atoms with Crippen LogP contribution < -0.4 is 10.6 Å². The number of carbonyl (C=O) groups excluding carboxylic acids is 2. The molecule has 1 aliphatic carbocycles. The second-order valence-corrected chi connectivity index (χ2v) is 11.8. The third kappa shape index (κ3) is 5.87. The number of benzene rings is 2. The molecule has 0 bridgehead atoms. The summed E-state index contributed by atoms with van der Waals surface area (Å²) in [6.45, 7) is -1.50. The lowest BCUT2D eigenvalue weighted by Crippen LogP contribution is -2.33. The minimum Gasteiger partial charge on any atom is -0.343 e. The molecule has 0 aliphatic heterocycles. The van der Waals surface area contributed by atoms with E-state index < -0.39 is 27.8 Å². The van der Waals surface area contributed by atoms with Crippen LogP contribution in [0.5, 0.6) is 0 Å². The summed E-state index contributed by atoms with van der Waals surface area (Å²) >= 11 is 25.0. The number of alkyl halides is 5. The molecule has 31 heavy (non-hydrogen) atoms. The molecule has 0 unspecified atom stereocenters. The molecule has 0 heterocycles. The van der Waals surface area contributed by atoms with Crippen LogP contribution in [0.2, 0.25) is 15.1 Å². The number of nitrogens with one attached hydrogen (secondary N) is 2. The predicted molar refractivity (Wildman–Crippen MR) is 122 cm³/mol. The first kappa shape index (κ1) is 24.6. The quantitative estimate of drug-likeness (QED) is 0.361. The number of carbonyl (C=O) groups is 2. The van der Waals surface area contributed by atoms with Crippen LogP contribution in [0.25, 0.3) is 0 Å². The van der Waals surface area contributed by atoms with Gasteiger partial charge in [-0.1, -0.05) is 66.7 Å². The van der Waals surface area contributed by atoms with Crippen molar-refractivity contribution in [2.45, 2.75) is 15.3 Å². The van der Waals surface area contributed by atoms with Gasteiger partial charge in [0.1, 0.15) is 9.78 Å². The molecule has 1 fully saturated rings. The molecular formula is C19H12Br2Cl3F3N2O2. The average Bonchev–Trinajstić information content (AvgIpc) is 3.22. The topological polar surface area (TPSA) is 58.2 Å². The molecule has 0 saturated heterocycles. The van der Waals surface area contributed by atoms with Gasteiger partial charge < -0.3 is 10.6 Å². The Morgan fingerprint density at radius 3 is 2.23 bits per heavy atom. The molecule has 0 radical (unpaired) electrons. The third-order valence-electron chi connectivity index (χ3n) is 4.51. The van der Waals surface area contributed by atoms with Crippen molar-refractivity contribution in [1.29, 1.82) is 0 Å². The van der Waals surface area contributed by atoms with E-state index in [1.165, 1.54) is 18.2 Å². The van der Waals surface area contributed by atoms with Gasteiger partial charge in [0.05, 0.1) is 16.5 Å². The highest BCUT2D eigenvalue weighted by atomic mass is 79.9. The largest absolute Gasteiger partial charge is 0.405 e. The first-order chi connectivity index (χ1) is 14.3. The van der Waals surface area contributed by atoms with Crippen LogP contribution in [0.4, 0.5) is 18.9 Å². The average molecular weight is 623 g/mol. The molecule has 2 amide bonds. The van der Waals surface area contributed by atoms with Crippen molar-refractivity contribution in [3.8, 4) is 0 Å². The van der Waals surface area contributed by atoms with Gasteiger partial charge in [0.15, 0.2) is 0 Å². The molecule has 3 rings (SSSR count). The van der Waals surface area contributed by atoms with E-state index in [1.54, 1.807) is 23.5 Å². The minimum absolute atomic E-state index is 0.0501. The molecule has 12 heteroatoms. The van der Waals surface area contributed by atoms with Crippen molar-refractivity contribution in [1.82, 2.24) is 5.32 Å². The molecule has 2 aromatic carbocycles. The van der Waals surface area contributed by atoms with Gasteiger partial charge in [-0.3, -0.25) is 9.59 Å². The first-order valence-corrected chi connectivity index (χ1v) is 11.3. The molecule has 2 atom stereocenters. The van der Waals surface area contributed by atoms with E-state index in [1.807, 2.05) is 0 Å². The zero-order valence-electron chi connectivity index (χ0n) is 15.2. The maximum absolute atomic E-state index is 12.8. The van der Waals surface area contributed by atoms with Crippen molar-refractivity contribution < 1.29 is 22.8 Å². The summed E-state index contributed by atoms with van der Waals surface area (Å²) in [5.74, 6) is -2.24. The van der Waals surface area contributed by atoms with Gasteiger partial charge in [-0.2, -0.15) is 13.2 Å². The van der Waals surface area contributed by atoms with Crippen molar-refractivity contribution in [3.05, 3.63) is 62.6 Å². The summed E-state index contributed by atoms with van der Waals surface area (Å²) in [4.78, 5) is 24.9. The molecule has 1 saturated carbocycles. The van der Waals surface area contributed by atoms with Crippen LogP contribution in [0.1, 0.15) is 21.8 Å². The van der Waals surface area contributed by atoms with Gasteiger partial charge >= 0.3 is 6.18 Å². The predicted octanol–water partition coefficient (Wildman–Crippen LogP) is 6.78. The maximum Gasteiger partial charge on any atom is 0.405 e. The third-order valence-corrected chi connectivity index (χ3v) is 7.25. The number of rotatable bonds is 5. The summed E-state index contributed by atoms with van der Waals surface area (Å²) in [7, 11) is 0. The van der Waals surface area contributed by atoms with E-state index in [0.29, 0.717) is 10.0 Å². The summed E-state index contributed by atoms with van der Waals surface area (Å²) < 4.78 is 36.3. The van der Waals surface area contributed by atoms with Gasteiger partial charge in [0.2, 0.25) is 5.91 Å². The molecule has 0 aromatic heterocycles. The second kappa shape index (κ2) is 9.09. The summed E-state index contributed by atoms with van der Waals surface area (Å²) in [6.07, 6.45) is -4.56. The van der Waals surface area contributed by atoms with E-state index in [0.717, 1.165) is 5.56 Å². The van der Waals surface area contributed by atoms with E-state index in [2.05, 4.69) is 37.2 Å². The van der Waals surface area contributed by atoms with E-state index in [4.69, 9.17) is 34.8 Å². The molecule has 2 aromatic rings. The zero-order chi connectivity index (χ0) is 23.1. The van der Waals surface area contributed by atoms with Gasteiger partial charge in [-0.25, -0.2) is 0 Å². The highest BCUT2D eigenvalue weighted by Gasteiger charge is 2.66. The van der Waals surface area contributed by atoms with Gasteiger partial charge in [-0.15, -0.1) is 0 Å². The van der Waals surface area contributed by atoms with Gasteiger partial charge in [0, 0.05) is 21.7 Å². The molecule has 2 N–H and O–H groups in total. The van der Waals surface area contributed by atoms with Gasteiger partial charge in [0.25, 0.3) is 5.91 Å². The Hall–Kier alpha value is -1.000. The molecule has 166 valence electrons. The zero-order valence-corrected chi connectivity index (χ0v) is 20.6. The summed E-state index contributed by atoms with van der Waals surface area (Å²) in [6, 6.07) is 8.95.